The molecule has 0 bridgehead atoms. The van der Waals surface area contributed by atoms with Crippen molar-refractivity contribution in [2.24, 2.45) is 0 Å². The third-order valence-electron chi connectivity index (χ3n) is 3.33. The highest BCUT2D eigenvalue weighted by molar-refractivity contribution is 5.73. The molecule has 2 rings (SSSR count). The SMILES string of the molecule is Cc1c(N(C)Cc2ccccc2)ccc([N+](=O)[O-])c1N. The fourth-order valence-corrected chi connectivity index (χ4v) is 2.22. The molecule has 104 valence electrons. The van der Waals surface area contributed by atoms with Crippen LogP contribution in [0.25, 0.3) is 0 Å². The van der Waals surface area contributed by atoms with E-state index in [1.807, 2.05) is 42.3 Å². The predicted molar refractivity (Wildman–Crippen MR) is 80.8 cm³/mol. The average molecular weight is 271 g/mol. The minimum atomic E-state index is -0.455. The van der Waals surface area contributed by atoms with E-state index in [0.717, 1.165) is 17.8 Å². The van der Waals surface area contributed by atoms with Crippen molar-refractivity contribution >= 4 is 17.1 Å². The highest BCUT2D eigenvalue weighted by Crippen LogP contribution is 2.32. The van der Waals surface area contributed by atoms with Crippen molar-refractivity contribution in [1.82, 2.24) is 0 Å². The lowest BCUT2D eigenvalue weighted by molar-refractivity contribution is -0.383. The molecule has 0 aliphatic heterocycles. The van der Waals surface area contributed by atoms with E-state index in [1.54, 1.807) is 13.0 Å². The number of hydrogen-bond donors (Lipinski definition) is 1. The van der Waals surface area contributed by atoms with Gasteiger partial charge in [-0.1, -0.05) is 30.3 Å². The minimum absolute atomic E-state index is 0.0423. The molecule has 20 heavy (non-hydrogen) atoms. The van der Waals surface area contributed by atoms with Crippen LogP contribution in [0.15, 0.2) is 42.5 Å². The molecule has 0 spiro atoms. The Morgan fingerprint density at radius 3 is 2.45 bits per heavy atom. The van der Waals surface area contributed by atoms with Crippen LogP contribution in [0.1, 0.15) is 11.1 Å². The molecule has 5 heteroatoms. The summed E-state index contributed by atoms with van der Waals surface area (Å²) in [5.74, 6) is 0. The zero-order valence-corrected chi connectivity index (χ0v) is 11.5. The summed E-state index contributed by atoms with van der Waals surface area (Å²) in [6.45, 7) is 2.53. The number of nitro benzene ring substituents is 1. The first-order chi connectivity index (χ1) is 9.50. The topological polar surface area (TPSA) is 72.4 Å². The molecular formula is C15H17N3O2. The maximum atomic E-state index is 10.9. The summed E-state index contributed by atoms with van der Waals surface area (Å²) in [6.07, 6.45) is 0. The van der Waals surface area contributed by atoms with Gasteiger partial charge < -0.3 is 10.6 Å². The molecule has 0 aliphatic rings. The van der Waals surface area contributed by atoms with Gasteiger partial charge in [-0.05, 0) is 18.6 Å². The number of benzene rings is 2. The van der Waals surface area contributed by atoms with Crippen molar-refractivity contribution in [1.29, 1.82) is 0 Å². The number of nitrogens with zero attached hydrogens (tertiary/aromatic N) is 2. The summed E-state index contributed by atoms with van der Waals surface area (Å²) in [7, 11) is 1.95. The molecule has 2 aromatic carbocycles. The molecule has 2 N–H and O–H groups in total. The summed E-state index contributed by atoms with van der Waals surface area (Å²) >= 11 is 0. The number of anilines is 2. The summed E-state index contributed by atoms with van der Waals surface area (Å²) < 4.78 is 0. The zero-order chi connectivity index (χ0) is 14.7. The lowest BCUT2D eigenvalue weighted by atomic mass is 10.1. The van der Waals surface area contributed by atoms with Gasteiger partial charge >= 0.3 is 0 Å². The van der Waals surface area contributed by atoms with E-state index < -0.39 is 4.92 Å². The molecule has 0 amide bonds. The van der Waals surface area contributed by atoms with E-state index in [-0.39, 0.29) is 11.4 Å². The molecule has 0 fully saturated rings. The van der Waals surface area contributed by atoms with E-state index in [1.165, 1.54) is 11.6 Å². The van der Waals surface area contributed by atoms with E-state index >= 15 is 0 Å². The van der Waals surface area contributed by atoms with Crippen molar-refractivity contribution in [3.8, 4) is 0 Å². The molecular weight excluding hydrogens is 254 g/mol. The Balaban J connectivity index is 2.29. The Morgan fingerprint density at radius 1 is 1.20 bits per heavy atom. The first-order valence-corrected chi connectivity index (χ1v) is 6.29. The standard InChI is InChI=1S/C15H17N3O2/c1-11-13(8-9-14(15(11)16)18(19)20)17(2)10-12-6-4-3-5-7-12/h3-9H,10,16H2,1-2H3. The van der Waals surface area contributed by atoms with Gasteiger partial charge in [0.1, 0.15) is 5.69 Å². The number of nitro groups is 1. The van der Waals surface area contributed by atoms with Gasteiger partial charge in [-0.3, -0.25) is 10.1 Å². The van der Waals surface area contributed by atoms with E-state index in [4.69, 9.17) is 5.73 Å². The second-order valence-electron chi connectivity index (χ2n) is 4.74. The molecule has 0 atom stereocenters. The van der Waals surface area contributed by atoms with Crippen LogP contribution >= 0.6 is 0 Å². The molecule has 0 unspecified atom stereocenters. The van der Waals surface area contributed by atoms with Crippen molar-refractivity contribution in [3.63, 3.8) is 0 Å². The highest BCUT2D eigenvalue weighted by atomic mass is 16.6. The van der Waals surface area contributed by atoms with Crippen LogP contribution in [-0.2, 0) is 6.54 Å². The second kappa shape index (κ2) is 5.61. The zero-order valence-electron chi connectivity index (χ0n) is 11.5. The van der Waals surface area contributed by atoms with Crippen LogP contribution in [0, 0.1) is 17.0 Å². The first-order valence-electron chi connectivity index (χ1n) is 6.29. The van der Waals surface area contributed by atoms with Crippen LogP contribution in [0.5, 0.6) is 0 Å². The van der Waals surface area contributed by atoms with Crippen molar-refractivity contribution < 1.29 is 4.92 Å². The third kappa shape index (κ3) is 2.71. The average Bonchev–Trinajstić information content (AvgIpc) is 2.42. The summed E-state index contributed by atoms with van der Waals surface area (Å²) in [5.41, 5.74) is 8.84. The number of hydrogen-bond acceptors (Lipinski definition) is 4. The van der Waals surface area contributed by atoms with Gasteiger partial charge in [-0.15, -0.1) is 0 Å². The second-order valence-corrected chi connectivity index (χ2v) is 4.74. The lowest BCUT2D eigenvalue weighted by Gasteiger charge is -2.22. The Kier molecular flexibility index (Phi) is 3.89. The molecule has 0 saturated heterocycles. The normalized spacial score (nSPS) is 10.3. The quantitative estimate of drug-likeness (QED) is 0.527. The van der Waals surface area contributed by atoms with Gasteiger partial charge in [0, 0.05) is 30.9 Å². The molecule has 0 radical (unpaired) electrons. The van der Waals surface area contributed by atoms with Crippen LogP contribution in [0.3, 0.4) is 0 Å². The fourth-order valence-electron chi connectivity index (χ4n) is 2.22. The Bertz CT molecular complexity index is 627. The maximum Gasteiger partial charge on any atom is 0.292 e. The van der Waals surface area contributed by atoms with Gasteiger partial charge in [0.15, 0.2) is 0 Å². The van der Waals surface area contributed by atoms with Gasteiger partial charge in [0.25, 0.3) is 5.69 Å². The highest BCUT2D eigenvalue weighted by Gasteiger charge is 2.17. The molecule has 5 nitrogen and oxygen atoms in total. The molecule has 0 saturated carbocycles. The summed E-state index contributed by atoms with van der Waals surface area (Å²) in [5, 5.41) is 10.9. The van der Waals surface area contributed by atoms with Crippen molar-refractivity contribution in [2.75, 3.05) is 17.7 Å². The summed E-state index contributed by atoms with van der Waals surface area (Å²) in [4.78, 5) is 12.4. The monoisotopic (exact) mass is 271 g/mol. The lowest BCUT2D eigenvalue weighted by Crippen LogP contribution is -2.18. The molecule has 0 heterocycles. The largest absolute Gasteiger partial charge is 0.393 e. The van der Waals surface area contributed by atoms with E-state index in [2.05, 4.69) is 0 Å². The third-order valence-corrected chi connectivity index (χ3v) is 3.33. The summed E-state index contributed by atoms with van der Waals surface area (Å²) in [6, 6.07) is 13.2. The van der Waals surface area contributed by atoms with E-state index in [0.29, 0.717) is 0 Å². The molecule has 0 aliphatic carbocycles. The maximum absolute atomic E-state index is 10.9. The van der Waals surface area contributed by atoms with Crippen LogP contribution < -0.4 is 10.6 Å². The number of nitrogen functional groups attached to an aromatic ring is 1. The molecule has 2 aromatic rings. The minimum Gasteiger partial charge on any atom is -0.393 e. The van der Waals surface area contributed by atoms with Gasteiger partial charge in [-0.25, -0.2) is 0 Å². The van der Waals surface area contributed by atoms with Crippen LogP contribution in [0.2, 0.25) is 0 Å². The molecule has 0 aromatic heterocycles. The fraction of sp³-hybridized carbons (Fsp3) is 0.200. The van der Waals surface area contributed by atoms with Crippen molar-refractivity contribution in [3.05, 3.63) is 63.7 Å². The van der Waals surface area contributed by atoms with Gasteiger partial charge in [0.2, 0.25) is 0 Å². The number of rotatable bonds is 4. The van der Waals surface area contributed by atoms with Crippen molar-refractivity contribution in [2.45, 2.75) is 13.5 Å². The van der Waals surface area contributed by atoms with Gasteiger partial charge in [0.05, 0.1) is 4.92 Å². The Labute approximate surface area is 117 Å². The Morgan fingerprint density at radius 2 is 1.85 bits per heavy atom. The van der Waals surface area contributed by atoms with Crippen LogP contribution in [0.4, 0.5) is 17.1 Å². The first kappa shape index (κ1) is 13.9. The predicted octanol–water partition coefficient (Wildman–Crippen LogP) is 3.12. The number of nitrogens with two attached hydrogens (primary N) is 1. The smallest absolute Gasteiger partial charge is 0.292 e. The van der Waals surface area contributed by atoms with Gasteiger partial charge in [-0.2, -0.15) is 0 Å². The Hall–Kier alpha value is -2.56. The van der Waals surface area contributed by atoms with E-state index in [9.17, 15) is 10.1 Å². The van der Waals surface area contributed by atoms with Crippen LogP contribution in [-0.4, -0.2) is 12.0 Å².